The molecule has 54 heavy (non-hydrogen) atoms. The first kappa shape index (κ1) is 30.3. The zero-order valence-electron chi connectivity index (χ0n) is 30.1. The fraction of sp³-hybridized carbons (Fsp3) is 0.0769. The molecular formula is C52H35NS. The van der Waals surface area contributed by atoms with Crippen LogP contribution in [0.25, 0.3) is 53.6 Å². The van der Waals surface area contributed by atoms with E-state index in [4.69, 9.17) is 0 Å². The van der Waals surface area contributed by atoms with Gasteiger partial charge in [0.2, 0.25) is 0 Å². The summed E-state index contributed by atoms with van der Waals surface area (Å²) >= 11 is 1.87. The average Bonchev–Trinajstić information content (AvgIpc) is 3.90. The van der Waals surface area contributed by atoms with Gasteiger partial charge in [0.05, 0.1) is 11.1 Å². The minimum absolute atomic E-state index is 0.109. The molecule has 1 nitrogen and oxygen atoms in total. The lowest BCUT2D eigenvalue weighted by atomic mass is 9.70. The number of hydrogen-bond donors (Lipinski definition) is 0. The van der Waals surface area contributed by atoms with Crippen LogP contribution in [-0.2, 0) is 10.8 Å². The molecule has 8 aromatic carbocycles. The van der Waals surface area contributed by atoms with E-state index in [-0.39, 0.29) is 5.41 Å². The van der Waals surface area contributed by atoms with Crippen molar-refractivity contribution in [3.8, 4) is 33.4 Å². The second-order valence-corrected chi connectivity index (χ2v) is 16.7. The average molecular weight is 706 g/mol. The zero-order chi connectivity index (χ0) is 35.8. The molecule has 0 atom stereocenters. The van der Waals surface area contributed by atoms with Gasteiger partial charge in [-0.2, -0.15) is 0 Å². The number of anilines is 3. The minimum Gasteiger partial charge on any atom is -0.310 e. The summed E-state index contributed by atoms with van der Waals surface area (Å²) in [6.45, 7) is 4.75. The first-order valence-corrected chi connectivity index (χ1v) is 19.8. The van der Waals surface area contributed by atoms with Crippen molar-refractivity contribution >= 4 is 48.6 Å². The van der Waals surface area contributed by atoms with Crippen molar-refractivity contribution in [3.05, 3.63) is 209 Å². The smallest absolute Gasteiger partial charge is 0.0726 e. The number of nitrogens with zero attached hydrogens (tertiary/aromatic N) is 1. The SMILES string of the molecule is CC1(C)c2ccccc2-c2c(N(c3ccc4c(c3)C3(c5ccccc5-c5ccccc53)c3ccccc3-4)c3ccc4sc5ccccc5c4c3)cccc21. The van der Waals surface area contributed by atoms with Crippen molar-refractivity contribution < 1.29 is 0 Å². The Balaban J connectivity index is 1.18. The maximum absolute atomic E-state index is 2.55. The quantitative estimate of drug-likeness (QED) is 0.177. The highest BCUT2D eigenvalue weighted by molar-refractivity contribution is 7.25. The number of fused-ring (bicyclic) bond motifs is 16. The third-order valence-corrected chi connectivity index (χ3v) is 13.8. The zero-order valence-corrected chi connectivity index (χ0v) is 30.9. The van der Waals surface area contributed by atoms with E-state index < -0.39 is 5.41 Å². The Morgan fingerprint density at radius 3 is 1.61 bits per heavy atom. The molecule has 12 rings (SSSR count). The molecule has 0 radical (unpaired) electrons. The van der Waals surface area contributed by atoms with Gasteiger partial charge in [-0.05, 0) is 104 Å². The van der Waals surface area contributed by atoms with E-state index >= 15 is 0 Å². The maximum atomic E-state index is 2.55. The van der Waals surface area contributed by atoms with Gasteiger partial charge < -0.3 is 4.90 Å². The Bertz CT molecular complexity index is 2990. The van der Waals surface area contributed by atoms with Crippen LogP contribution < -0.4 is 4.90 Å². The lowest BCUT2D eigenvalue weighted by Crippen LogP contribution is -2.26. The summed E-state index contributed by atoms with van der Waals surface area (Å²) in [4.78, 5) is 2.55. The van der Waals surface area contributed by atoms with Gasteiger partial charge in [-0.1, -0.05) is 147 Å². The van der Waals surface area contributed by atoms with E-state index in [0.717, 1.165) is 5.69 Å². The third-order valence-electron chi connectivity index (χ3n) is 12.7. The van der Waals surface area contributed by atoms with Gasteiger partial charge in [-0.25, -0.2) is 0 Å². The Hall–Kier alpha value is -6.22. The first-order valence-electron chi connectivity index (χ1n) is 18.9. The molecule has 0 amide bonds. The van der Waals surface area contributed by atoms with Crippen molar-refractivity contribution in [2.45, 2.75) is 24.7 Å². The van der Waals surface area contributed by atoms with Gasteiger partial charge in [0.15, 0.2) is 0 Å². The van der Waals surface area contributed by atoms with Crippen LogP contribution in [0.1, 0.15) is 47.2 Å². The van der Waals surface area contributed by atoms with Crippen LogP contribution in [0, 0.1) is 0 Å². The normalized spacial score (nSPS) is 14.8. The highest BCUT2D eigenvalue weighted by Gasteiger charge is 2.51. The van der Waals surface area contributed by atoms with Crippen LogP contribution >= 0.6 is 11.3 Å². The van der Waals surface area contributed by atoms with E-state index in [1.807, 2.05) is 11.3 Å². The summed E-state index contributed by atoms with van der Waals surface area (Å²) < 4.78 is 2.63. The summed E-state index contributed by atoms with van der Waals surface area (Å²) in [7, 11) is 0. The van der Waals surface area contributed by atoms with Gasteiger partial charge in [0.25, 0.3) is 0 Å². The van der Waals surface area contributed by atoms with Crippen molar-refractivity contribution in [1.82, 2.24) is 0 Å². The lowest BCUT2D eigenvalue weighted by molar-refractivity contribution is 0.660. The molecule has 0 unspecified atom stereocenters. The lowest BCUT2D eigenvalue weighted by Gasteiger charge is -2.33. The summed E-state index contributed by atoms with van der Waals surface area (Å²) in [6.07, 6.45) is 0. The van der Waals surface area contributed by atoms with Gasteiger partial charge >= 0.3 is 0 Å². The molecule has 1 aromatic heterocycles. The highest BCUT2D eigenvalue weighted by atomic mass is 32.1. The van der Waals surface area contributed by atoms with E-state index in [0.29, 0.717) is 0 Å². The fourth-order valence-corrected chi connectivity index (χ4v) is 11.5. The molecule has 0 saturated heterocycles. The molecule has 2 heteroatoms. The fourth-order valence-electron chi connectivity index (χ4n) is 10.4. The highest BCUT2D eigenvalue weighted by Crippen LogP contribution is 2.64. The maximum Gasteiger partial charge on any atom is 0.0726 e. The van der Waals surface area contributed by atoms with E-state index in [1.165, 1.54) is 98.3 Å². The van der Waals surface area contributed by atoms with Crippen LogP contribution in [0.15, 0.2) is 176 Å². The van der Waals surface area contributed by atoms with Gasteiger partial charge in [0.1, 0.15) is 0 Å². The van der Waals surface area contributed by atoms with E-state index in [2.05, 4.69) is 195 Å². The molecule has 3 aliphatic carbocycles. The third kappa shape index (κ3) is 3.73. The summed E-state index contributed by atoms with van der Waals surface area (Å²) in [5.41, 5.74) is 19.1. The number of benzene rings is 8. The van der Waals surface area contributed by atoms with Crippen LogP contribution in [0.2, 0.25) is 0 Å². The van der Waals surface area contributed by atoms with Crippen molar-refractivity contribution in [3.63, 3.8) is 0 Å². The Kier molecular flexibility index (Phi) is 5.99. The van der Waals surface area contributed by atoms with E-state index in [1.54, 1.807) is 0 Å². The van der Waals surface area contributed by atoms with E-state index in [9.17, 15) is 0 Å². The van der Waals surface area contributed by atoms with Gasteiger partial charge in [-0.3, -0.25) is 0 Å². The van der Waals surface area contributed by atoms with Crippen LogP contribution in [0.3, 0.4) is 0 Å². The topological polar surface area (TPSA) is 3.24 Å². The molecule has 9 aromatic rings. The summed E-state index contributed by atoms with van der Waals surface area (Å²) in [5, 5.41) is 2.61. The minimum atomic E-state index is -0.415. The number of rotatable bonds is 3. The monoisotopic (exact) mass is 705 g/mol. The predicted octanol–water partition coefficient (Wildman–Crippen LogP) is 14.2. The number of thiophene rings is 1. The molecule has 254 valence electrons. The molecule has 1 heterocycles. The van der Waals surface area contributed by atoms with Crippen LogP contribution in [-0.4, -0.2) is 0 Å². The Labute approximate surface area is 319 Å². The molecule has 0 bridgehead atoms. The first-order chi connectivity index (χ1) is 26.5. The Morgan fingerprint density at radius 1 is 0.389 bits per heavy atom. The Morgan fingerprint density at radius 2 is 0.907 bits per heavy atom. The molecule has 0 saturated carbocycles. The van der Waals surface area contributed by atoms with Gasteiger partial charge in [-0.15, -0.1) is 11.3 Å². The largest absolute Gasteiger partial charge is 0.310 e. The summed E-state index contributed by atoms with van der Waals surface area (Å²) in [6, 6.07) is 66.4. The predicted molar refractivity (Wildman–Crippen MR) is 228 cm³/mol. The standard InChI is InChI=1S/C52H35NS/c1-51(2)41-19-8-6-18-39(41)50-45(51)23-13-24-47(50)53(32-27-29-49-40(30-32)38-17-7-12-25-48(38)54-49)33-26-28-37-36-16-5-11-22-44(36)52(46(37)31-33)42-20-9-3-14-34(42)35-15-4-10-21-43(35)52/h3-31H,1-2H3. The molecular weight excluding hydrogens is 671 g/mol. The molecule has 0 aliphatic heterocycles. The van der Waals surface area contributed by atoms with Crippen molar-refractivity contribution in [2.24, 2.45) is 0 Å². The van der Waals surface area contributed by atoms with Gasteiger partial charge in [0, 0.05) is 42.5 Å². The van der Waals surface area contributed by atoms with Crippen LogP contribution in [0.4, 0.5) is 17.1 Å². The van der Waals surface area contributed by atoms with Crippen LogP contribution in [0.5, 0.6) is 0 Å². The van der Waals surface area contributed by atoms with Crippen molar-refractivity contribution in [2.75, 3.05) is 4.90 Å². The molecule has 3 aliphatic rings. The molecule has 1 spiro atoms. The number of hydrogen-bond acceptors (Lipinski definition) is 2. The second-order valence-electron chi connectivity index (χ2n) is 15.6. The molecule has 0 fully saturated rings. The van der Waals surface area contributed by atoms with Crippen molar-refractivity contribution in [1.29, 1.82) is 0 Å². The summed E-state index contributed by atoms with van der Waals surface area (Å²) in [5.74, 6) is 0. The second kappa shape index (κ2) is 10.7. The molecule has 0 N–H and O–H groups in total.